The topological polar surface area (TPSA) is 66.6 Å². The Morgan fingerprint density at radius 1 is 1.59 bits per heavy atom. The van der Waals surface area contributed by atoms with Crippen LogP contribution < -0.4 is 10.6 Å². The van der Waals surface area contributed by atoms with Crippen molar-refractivity contribution in [2.75, 3.05) is 18.0 Å². The number of nitrogens with two attached hydrogens (primary N) is 1. The van der Waals surface area contributed by atoms with Crippen LogP contribution in [0.2, 0.25) is 5.02 Å². The number of hydrogen-bond acceptors (Lipinski definition) is 3. The number of primary amides is 1. The van der Waals surface area contributed by atoms with Crippen LogP contribution >= 0.6 is 11.6 Å². The van der Waals surface area contributed by atoms with E-state index in [9.17, 15) is 4.79 Å². The summed E-state index contributed by atoms with van der Waals surface area (Å²) in [5.74, 6) is -0.348. The van der Waals surface area contributed by atoms with Crippen molar-refractivity contribution >= 4 is 23.2 Å². The molecule has 1 amide bonds. The normalized spacial score (nSPS) is 19.6. The highest BCUT2D eigenvalue weighted by atomic mass is 35.5. The van der Waals surface area contributed by atoms with Gasteiger partial charge in [-0.05, 0) is 24.1 Å². The van der Waals surface area contributed by atoms with Crippen LogP contribution in [0.3, 0.4) is 0 Å². The van der Waals surface area contributed by atoms with E-state index >= 15 is 0 Å². The van der Waals surface area contributed by atoms with E-state index in [1.165, 1.54) is 0 Å². The number of benzene rings is 1. The summed E-state index contributed by atoms with van der Waals surface area (Å²) in [6, 6.07) is 5.45. The lowest BCUT2D eigenvalue weighted by Gasteiger charge is -2.20. The lowest BCUT2D eigenvalue weighted by Crippen LogP contribution is -2.27. The monoisotopic (exact) mass is 254 g/mol. The van der Waals surface area contributed by atoms with E-state index in [1.54, 1.807) is 6.07 Å². The second-order valence-corrected chi connectivity index (χ2v) is 4.69. The second-order valence-electron chi connectivity index (χ2n) is 4.28. The van der Waals surface area contributed by atoms with Crippen molar-refractivity contribution in [3.05, 3.63) is 28.8 Å². The summed E-state index contributed by atoms with van der Waals surface area (Å²) in [5, 5.41) is 9.60. The molecule has 0 spiro atoms. The number of nitrogens with zero attached hydrogens (tertiary/aromatic N) is 1. The summed E-state index contributed by atoms with van der Waals surface area (Å²) in [5.41, 5.74) is 6.97. The molecule has 0 aromatic heterocycles. The number of carbonyl (C=O) groups is 1. The molecule has 17 heavy (non-hydrogen) atoms. The van der Waals surface area contributed by atoms with E-state index in [0.29, 0.717) is 11.6 Å². The van der Waals surface area contributed by atoms with Crippen molar-refractivity contribution in [3.8, 4) is 0 Å². The summed E-state index contributed by atoms with van der Waals surface area (Å²) in [7, 11) is 0. The summed E-state index contributed by atoms with van der Waals surface area (Å²) >= 11 is 6.15. The lowest BCUT2D eigenvalue weighted by atomic mass is 10.1. The van der Waals surface area contributed by atoms with Gasteiger partial charge in [-0.25, -0.2) is 0 Å². The zero-order valence-corrected chi connectivity index (χ0v) is 10.2. The van der Waals surface area contributed by atoms with Crippen molar-refractivity contribution < 1.29 is 9.90 Å². The Labute approximate surface area is 105 Å². The molecular weight excluding hydrogens is 240 g/mol. The number of aliphatic hydroxyl groups is 1. The number of carbonyl (C=O) groups excluding carboxylic acids is 1. The molecule has 1 saturated heterocycles. The van der Waals surface area contributed by atoms with Gasteiger partial charge in [0.25, 0.3) is 0 Å². The average Bonchev–Trinajstić information content (AvgIpc) is 2.78. The van der Waals surface area contributed by atoms with Crippen LogP contribution in [0, 0.1) is 5.92 Å². The van der Waals surface area contributed by atoms with Gasteiger partial charge in [0.15, 0.2) is 0 Å². The first-order valence-electron chi connectivity index (χ1n) is 5.55. The van der Waals surface area contributed by atoms with Crippen molar-refractivity contribution in [3.63, 3.8) is 0 Å². The van der Waals surface area contributed by atoms with E-state index in [2.05, 4.69) is 4.90 Å². The minimum atomic E-state index is -0.254. The van der Waals surface area contributed by atoms with Crippen molar-refractivity contribution in [2.24, 2.45) is 11.7 Å². The molecule has 92 valence electrons. The summed E-state index contributed by atoms with van der Waals surface area (Å²) < 4.78 is 0. The van der Waals surface area contributed by atoms with Gasteiger partial charge in [-0.1, -0.05) is 17.7 Å². The molecule has 5 heteroatoms. The quantitative estimate of drug-likeness (QED) is 0.850. The van der Waals surface area contributed by atoms with Crippen molar-refractivity contribution in [2.45, 2.75) is 13.0 Å². The highest BCUT2D eigenvalue weighted by molar-refractivity contribution is 6.33. The molecular formula is C12H15ClN2O2. The SMILES string of the molecule is NC(=O)C1CCN(c2ccc(CO)cc2Cl)C1. The lowest BCUT2D eigenvalue weighted by molar-refractivity contribution is -0.121. The Bertz CT molecular complexity index is 437. The highest BCUT2D eigenvalue weighted by Crippen LogP contribution is 2.31. The van der Waals surface area contributed by atoms with Crippen molar-refractivity contribution in [1.29, 1.82) is 0 Å². The maximum atomic E-state index is 11.1. The van der Waals surface area contributed by atoms with Gasteiger partial charge in [-0.2, -0.15) is 0 Å². The molecule has 2 rings (SSSR count). The van der Waals surface area contributed by atoms with E-state index in [0.717, 1.165) is 24.2 Å². The zero-order valence-electron chi connectivity index (χ0n) is 9.40. The van der Waals surface area contributed by atoms with Gasteiger partial charge in [0.2, 0.25) is 5.91 Å². The Morgan fingerprint density at radius 2 is 2.35 bits per heavy atom. The number of halogens is 1. The van der Waals surface area contributed by atoms with E-state index in [1.807, 2.05) is 12.1 Å². The number of amides is 1. The predicted octanol–water partition coefficient (Wildman–Crippen LogP) is 1.14. The molecule has 1 aliphatic rings. The minimum Gasteiger partial charge on any atom is -0.392 e. The molecule has 1 fully saturated rings. The molecule has 0 saturated carbocycles. The first-order valence-corrected chi connectivity index (χ1v) is 5.93. The summed E-state index contributed by atoms with van der Waals surface area (Å²) in [6.45, 7) is 1.38. The third kappa shape index (κ3) is 2.53. The van der Waals surface area contributed by atoms with E-state index < -0.39 is 0 Å². The standard InChI is InChI=1S/C12H15ClN2O2/c13-10-5-8(7-16)1-2-11(10)15-4-3-9(6-15)12(14)17/h1-2,5,9,16H,3-4,6-7H2,(H2,14,17). The number of aliphatic hydroxyl groups excluding tert-OH is 1. The minimum absolute atomic E-state index is 0.0239. The molecule has 1 aromatic carbocycles. The van der Waals surface area contributed by atoms with Crippen LogP contribution in [0.25, 0.3) is 0 Å². The Morgan fingerprint density at radius 3 is 2.88 bits per heavy atom. The van der Waals surface area contributed by atoms with Gasteiger partial charge in [0.05, 0.1) is 23.2 Å². The van der Waals surface area contributed by atoms with Crippen LogP contribution in [-0.2, 0) is 11.4 Å². The average molecular weight is 255 g/mol. The van der Waals surface area contributed by atoms with Crippen LogP contribution in [0.15, 0.2) is 18.2 Å². The molecule has 1 aliphatic heterocycles. The van der Waals surface area contributed by atoms with Crippen LogP contribution in [-0.4, -0.2) is 24.1 Å². The molecule has 0 radical (unpaired) electrons. The summed E-state index contributed by atoms with van der Waals surface area (Å²) in [4.78, 5) is 13.1. The van der Waals surface area contributed by atoms with Gasteiger partial charge in [0, 0.05) is 13.1 Å². The first-order chi connectivity index (χ1) is 8.11. The fourth-order valence-electron chi connectivity index (χ4n) is 2.12. The van der Waals surface area contributed by atoms with Crippen molar-refractivity contribution in [1.82, 2.24) is 0 Å². The van der Waals surface area contributed by atoms with E-state index in [4.69, 9.17) is 22.4 Å². The van der Waals surface area contributed by atoms with Crippen LogP contribution in [0.4, 0.5) is 5.69 Å². The Balaban J connectivity index is 2.16. The predicted molar refractivity (Wildman–Crippen MR) is 66.9 cm³/mol. The fourth-order valence-corrected chi connectivity index (χ4v) is 2.44. The molecule has 0 bridgehead atoms. The fraction of sp³-hybridized carbons (Fsp3) is 0.417. The molecule has 1 aromatic rings. The van der Waals surface area contributed by atoms with Gasteiger partial charge < -0.3 is 15.7 Å². The Kier molecular flexibility index (Phi) is 3.54. The van der Waals surface area contributed by atoms with Crippen LogP contribution in [0.5, 0.6) is 0 Å². The van der Waals surface area contributed by atoms with Gasteiger partial charge in [-0.3, -0.25) is 4.79 Å². The molecule has 1 atom stereocenters. The Hall–Kier alpha value is -1.26. The number of anilines is 1. The molecule has 3 N–H and O–H groups in total. The third-order valence-corrected chi connectivity index (χ3v) is 3.43. The van der Waals surface area contributed by atoms with Gasteiger partial charge in [0.1, 0.15) is 0 Å². The zero-order chi connectivity index (χ0) is 12.4. The first kappa shape index (κ1) is 12.2. The third-order valence-electron chi connectivity index (χ3n) is 3.13. The smallest absolute Gasteiger partial charge is 0.222 e. The largest absolute Gasteiger partial charge is 0.392 e. The molecule has 4 nitrogen and oxygen atoms in total. The highest BCUT2D eigenvalue weighted by Gasteiger charge is 2.27. The number of hydrogen-bond donors (Lipinski definition) is 2. The van der Waals surface area contributed by atoms with Gasteiger partial charge >= 0.3 is 0 Å². The summed E-state index contributed by atoms with van der Waals surface area (Å²) in [6.07, 6.45) is 0.771. The second kappa shape index (κ2) is 4.94. The van der Waals surface area contributed by atoms with E-state index in [-0.39, 0.29) is 18.4 Å². The molecule has 1 unspecified atom stereocenters. The number of rotatable bonds is 3. The molecule has 1 heterocycles. The molecule has 0 aliphatic carbocycles. The van der Waals surface area contributed by atoms with Crippen LogP contribution in [0.1, 0.15) is 12.0 Å². The maximum Gasteiger partial charge on any atom is 0.222 e. The van der Waals surface area contributed by atoms with Gasteiger partial charge in [-0.15, -0.1) is 0 Å². The maximum absolute atomic E-state index is 11.1.